The number of nitrogens with zero attached hydrogens (tertiary/aromatic N) is 2. The van der Waals surface area contributed by atoms with E-state index in [9.17, 15) is 0 Å². The summed E-state index contributed by atoms with van der Waals surface area (Å²) in [5.41, 5.74) is 4.48. The molecule has 5 heteroatoms. The van der Waals surface area contributed by atoms with Gasteiger partial charge in [0.25, 0.3) is 0 Å². The standard InChI is InChI=1S/C21H26N4S/c1-3-25(20-11-5-17(2)6-12-20)16-4-15-23-21(26)24-19-9-7-18(8-10-19)13-14-22/h5-12H,3-4,13,15-16H2,1-2H3,(H2,23,24,26). The predicted octanol–water partition coefficient (Wildman–Crippen LogP) is 4.26. The lowest BCUT2D eigenvalue weighted by molar-refractivity contribution is 0.726. The van der Waals surface area contributed by atoms with E-state index in [-0.39, 0.29) is 0 Å². The topological polar surface area (TPSA) is 51.1 Å². The van der Waals surface area contributed by atoms with Crippen molar-refractivity contribution < 1.29 is 0 Å². The van der Waals surface area contributed by atoms with Gasteiger partial charge in [0.05, 0.1) is 12.5 Å². The molecule has 0 atom stereocenters. The highest BCUT2D eigenvalue weighted by atomic mass is 32.1. The fourth-order valence-electron chi connectivity index (χ4n) is 2.67. The van der Waals surface area contributed by atoms with Gasteiger partial charge in [-0.05, 0) is 62.3 Å². The maximum atomic E-state index is 8.70. The van der Waals surface area contributed by atoms with Crippen LogP contribution < -0.4 is 15.5 Å². The van der Waals surface area contributed by atoms with Crippen molar-refractivity contribution in [3.63, 3.8) is 0 Å². The Hall–Kier alpha value is -2.58. The van der Waals surface area contributed by atoms with E-state index in [1.165, 1.54) is 11.3 Å². The van der Waals surface area contributed by atoms with E-state index >= 15 is 0 Å². The molecule has 2 aromatic carbocycles. The van der Waals surface area contributed by atoms with Gasteiger partial charge in [-0.1, -0.05) is 29.8 Å². The molecule has 2 N–H and O–H groups in total. The third-order valence-electron chi connectivity index (χ3n) is 4.17. The highest BCUT2D eigenvalue weighted by Crippen LogP contribution is 2.15. The van der Waals surface area contributed by atoms with Crippen LogP contribution in [0.3, 0.4) is 0 Å². The molecule has 0 amide bonds. The molecule has 0 radical (unpaired) electrons. The Kier molecular flexibility index (Phi) is 7.91. The molecule has 2 aromatic rings. The van der Waals surface area contributed by atoms with Gasteiger partial charge in [-0.25, -0.2) is 0 Å². The Labute approximate surface area is 161 Å². The van der Waals surface area contributed by atoms with Crippen LogP contribution in [0.1, 0.15) is 24.5 Å². The van der Waals surface area contributed by atoms with E-state index in [2.05, 4.69) is 59.7 Å². The number of hydrogen-bond donors (Lipinski definition) is 2. The largest absolute Gasteiger partial charge is 0.372 e. The summed E-state index contributed by atoms with van der Waals surface area (Å²) < 4.78 is 0. The van der Waals surface area contributed by atoms with Crippen molar-refractivity contribution in [3.8, 4) is 6.07 Å². The summed E-state index contributed by atoms with van der Waals surface area (Å²) in [5, 5.41) is 15.7. The zero-order chi connectivity index (χ0) is 18.8. The molecule has 0 unspecified atom stereocenters. The average Bonchev–Trinajstić information content (AvgIpc) is 2.65. The number of nitriles is 1. The smallest absolute Gasteiger partial charge is 0.170 e. The van der Waals surface area contributed by atoms with Crippen molar-refractivity contribution in [1.82, 2.24) is 5.32 Å². The molecule has 0 aliphatic carbocycles. The van der Waals surface area contributed by atoms with Crippen molar-refractivity contribution in [3.05, 3.63) is 59.7 Å². The first-order valence-electron chi connectivity index (χ1n) is 8.94. The SMILES string of the molecule is CCN(CCCNC(=S)Nc1ccc(CC#N)cc1)c1ccc(C)cc1. The van der Waals surface area contributed by atoms with Gasteiger partial charge >= 0.3 is 0 Å². The summed E-state index contributed by atoms with van der Waals surface area (Å²) in [7, 11) is 0. The van der Waals surface area contributed by atoms with Crippen LogP contribution in [0.4, 0.5) is 11.4 Å². The third kappa shape index (κ3) is 6.38. The van der Waals surface area contributed by atoms with Crippen molar-refractivity contribution in [2.75, 3.05) is 29.9 Å². The number of rotatable bonds is 8. The second-order valence-corrected chi connectivity index (χ2v) is 6.59. The maximum absolute atomic E-state index is 8.70. The highest BCUT2D eigenvalue weighted by molar-refractivity contribution is 7.80. The summed E-state index contributed by atoms with van der Waals surface area (Å²) in [4.78, 5) is 2.37. The molecule has 0 aliphatic rings. The molecule has 0 saturated carbocycles. The Morgan fingerprint density at radius 3 is 2.42 bits per heavy atom. The quantitative estimate of drug-likeness (QED) is 0.540. The Morgan fingerprint density at radius 2 is 1.81 bits per heavy atom. The van der Waals surface area contributed by atoms with Crippen molar-refractivity contribution in [1.29, 1.82) is 5.26 Å². The monoisotopic (exact) mass is 366 g/mol. The second kappa shape index (κ2) is 10.4. The molecule has 0 spiro atoms. The fourth-order valence-corrected chi connectivity index (χ4v) is 2.89. The summed E-state index contributed by atoms with van der Waals surface area (Å²) in [5.74, 6) is 0. The molecule has 0 heterocycles. The third-order valence-corrected chi connectivity index (χ3v) is 4.41. The van der Waals surface area contributed by atoms with Crippen molar-refractivity contribution >= 4 is 28.7 Å². The first kappa shape index (κ1) is 19.7. The van der Waals surface area contributed by atoms with Gasteiger partial charge in [-0.15, -0.1) is 0 Å². The summed E-state index contributed by atoms with van der Waals surface area (Å²) in [6.45, 7) is 7.07. The molecule has 136 valence electrons. The summed E-state index contributed by atoms with van der Waals surface area (Å²) in [6.07, 6.45) is 1.43. The number of aryl methyl sites for hydroxylation is 1. The highest BCUT2D eigenvalue weighted by Gasteiger charge is 2.04. The first-order valence-corrected chi connectivity index (χ1v) is 9.35. The normalized spacial score (nSPS) is 10.0. The van der Waals surface area contributed by atoms with Gasteiger partial charge in [0, 0.05) is 31.0 Å². The first-order chi connectivity index (χ1) is 12.6. The van der Waals surface area contributed by atoms with E-state index in [0.717, 1.165) is 37.3 Å². The number of thiocarbonyl (C=S) groups is 1. The molecule has 4 nitrogen and oxygen atoms in total. The van der Waals surface area contributed by atoms with Crippen LogP contribution >= 0.6 is 12.2 Å². The Balaban J connectivity index is 1.72. The lowest BCUT2D eigenvalue weighted by Crippen LogP contribution is -2.32. The van der Waals surface area contributed by atoms with E-state index < -0.39 is 0 Å². The van der Waals surface area contributed by atoms with Crippen molar-refractivity contribution in [2.45, 2.75) is 26.7 Å². The molecule has 0 fully saturated rings. The minimum Gasteiger partial charge on any atom is -0.372 e. The van der Waals surface area contributed by atoms with Gasteiger partial charge in [0.2, 0.25) is 0 Å². The van der Waals surface area contributed by atoms with E-state index in [1.54, 1.807) is 0 Å². The average molecular weight is 367 g/mol. The number of nitrogens with one attached hydrogen (secondary N) is 2. The second-order valence-electron chi connectivity index (χ2n) is 6.18. The van der Waals surface area contributed by atoms with Crippen LogP contribution in [0.25, 0.3) is 0 Å². The van der Waals surface area contributed by atoms with E-state index in [0.29, 0.717) is 11.5 Å². The molecular formula is C21H26N4S. The lowest BCUT2D eigenvalue weighted by atomic mass is 10.1. The van der Waals surface area contributed by atoms with E-state index in [1.807, 2.05) is 24.3 Å². The lowest BCUT2D eigenvalue weighted by Gasteiger charge is -2.23. The minimum absolute atomic E-state index is 0.428. The van der Waals surface area contributed by atoms with E-state index in [4.69, 9.17) is 17.5 Å². The zero-order valence-corrected chi connectivity index (χ0v) is 16.3. The van der Waals surface area contributed by atoms with Gasteiger partial charge < -0.3 is 15.5 Å². The molecule has 0 aliphatic heterocycles. The number of anilines is 2. The van der Waals surface area contributed by atoms with Crippen LogP contribution in [0, 0.1) is 18.3 Å². The van der Waals surface area contributed by atoms with Gasteiger partial charge in [-0.3, -0.25) is 0 Å². The fraction of sp³-hybridized carbons (Fsp3) is 0.333. The molecular weight excluding hydrogens is 340 g/mol. The Morgan fingerprint density at radius 1 is 1.12 bits per heavy atom. The van der Waals surface area contributed by atoms with Gasteiger partial charge in [0.1, 0.15) is 0 Å². The van der Waals surface area contributed by atoms with Crippen LogP contribution in [0.2, 0.25) is 0 Å². The van der Waals surface area contributed by atoms with Crippen LogP contribution in [-0.2, 0) is 6.42 Å². The Bertz CT molecular complexity index is 732. The van der Waals surface area contributed by atoms with Crippen LogP contribution in [0.15, 0.2) is 48.5 Å². The van der Waals surface area contributed by atoms with Crippen LogP contribution in [0.5, 0.6) is 0 Å². The van der Waals surface area contributed by atoms with Gasteiger partial charge in [-0.2, -0.15) is 5.26 Å². The van der Waals surface area contributed by atoms with Crippen LogP contribution in [-0.4, -0.2) is 24.7 Å². The summed E-state index contributed by atoms with van der Waals surface area (Å²) in [6, 6.07) is 18.6. The number of hydrogen-bond acceptors (Lipinski definition) is 3. The zero-order valence-electron chi connectivity index (χ0n) is 15.5. The maximum Gasteiger partial charge on any atom is 0.170 e. The predicted molar refractivity (Wildman–Crippen MR) is 114 cm³/mol. The number of benzene rings is 2. The molecule has 2 rings (SSSR count). The van der Waals surface area contributed by atoms with Crippen molar-refractivity contribution in [2.24, 2.45) is 0 Å². The molecule has 0 saturated heterocycles. The summed E-state index contributed by atoms with van der Waals surface area (Å²) >= 11 is 5.35. The molecule has 26 heavy (non-hydrogen) atoms. The molecule has 0 bridgehead atoms. The van der Waals surface area contributed by atoms with Gasteiger partial charge in [0.15, 0.2) is 5.11 Å². The molecule has 0 aromatic heterocycles. The minimum atomic E-state index is 0.428.